The van der Waals surface area contributed by atoms with Crippen molar-refractivity contribution in [3.05, 3.63) is 0 Å². The zero-order chi connectivity index (χ0) is 66.0. The van der Waals surface area contributed by atoms with Crippen LogP contribution >= 0.6 is 0 Å². The molecule has 21 heterocycles. The van der Waals surface area contributed by atoms with E-state index in [0.717, 1.165) is 0 Å². The Morgan fingerprint density at radius 3 is 0.341 bits per heavy atom. The SMILES string of the molecule is COC1C(OC)[C@@H]2O[C@H]3OC(CO)[C@@H](O[C@H]4OC(CO)[C@@H](O[C@@H]5OC(CO)[C@@H](O[C@H]6OC(CO)[C@@H](O[C@H]7OC(CO)[C@@H](O[C@H]8OC(CO)[C@@H](O[C@H]1OC2CO)C(OC)C8OC)C(OC)C7OC)C(OC)C6OC)C(OC)C5OC)C(OC)C4OC)C(OC)C3OC. The lowest BCUT2D eigenvalue weighted by molar-refractivity contribution is -0.402. The van der Waals surface area contributed by atoms with E-state index in [1.807, 2.05) is 0 Å². The van der Waals surface area contributed by atoms with Crippen LogP contribution in [0.3, 0.4) is 0 Å². The molecule has 0 saturated carbocycles. The Morgan fingerprint density at radius 1 is 0.165 bits per heavy atom. The van der Waals surface area contributed by atoms with E-state index in [0.29, 0.717) is 0 Å². The summed E-state index contributed by atoms with van der Waals surface area (Å²) >= 11 is 0. The van der Waals surface area contributed by atoms with Crippen LogP contribution in [0.4, 0.5) is 0 Å². The monoisotopic (exact) mass is 1330 g/mol. The van der Waals surface area contributed by atoms with Crippen molar-refractivity contribution >= 4 is 0 Å². The molecule has 21 aliphatic heterocycles. The maximum absolute atomic E-state index is 11.1. The van der Waals surface area contributed by atoms with Crippen LogP contribution in [0.1, 0.15) is 0 Å². The Morgan fingerprint density at radius 2 is 0.264 bits per heavy atom. The second-order valence-corrected chi connectivity index (χ2v) is 22.6. The normalized spacial score (nSPS) is 48.7. The average molecular weight is 1330 g/mol. The Hall–Kier alpha value is -1.40. The first-order valence-electron chi connectivity index (χ1n) is 30.0. The quantitative estimate of drug-likeness (QED) is 0.0562. The molecule has 21 aliphatic rings. The molecule has 0 aromatic carbocycles. The Bertz CT molecular complexity index is 1690. The molecule has 21 saturated heterocycles. The first kappa shape index (κ1) is 75.4. The average Bonchev–Trinajstić information content (AvgIpc) is 0.803. The summed E-state index contributed by atoms with van der Waals surface area (Å²) in [6.45, 7) is -4.84. The summed E-state index contributed by atoms with van der Waals surface area (Å²) in [4.78, 5) is 0. The molecule has 0 radical (unpaired) electrons. The van der Waals surface area contributed by atoms with E-state index in [9.17, 15) is 35.7 Å². The van der Waals surface area contributed by atoms with E-state index in [4.69, 9.17) is 133 Å². The molecule has 0 aromatic heterocycles. The van der Waals surface area contributed by atoms with Crippen LogP contribution in [-0.4, -0.2) is 396 Å². The summed E-state index contributed by atoms with van der Waals surface area (Å²) in [6, 6.07) is 0. The van der Waals surface area contributed by atoms with Gasteiger partial charge in [0.05, 0.1) is 46.2 Å². The van der Waals surface area contributed by atoms with Crippen LogP contribution in [0, 0.1) is 0 Å². The summed E-state index contributed by atoms with van der Waals surface area (Å²) in [5, 5.41) is 77.6. The first-order valence-corrected chi connectivity index (χ1v) is 30.0. The predicted octanol–water partition coefficient (Wildman–Crippen LogP) is -6.07. The summed E-state index contributed by atoms with van der Waals surface area (Å²) in [5.74, 6) is 0. The lowest BCUT2D eigenvalue weighted by atomic mass is 9.94. The smallest absolute Gasteiger partial charge is 0.187 e. The van der Waals surface area contributed by atoms with Crippen molar-refractivity contribution < 1.29 is 168 Å². The Balaban J connectivity index is 1.19. The molecule has 14 bridgehead atoms. The summed E-state index contributed by atoms with van der Waals surface area (Å²) in [5.41, 5.74) is 0. The maximum Gasteiger partial charge on any atom is 0.187 e. The van der Waals surface area contributed by atoms with Gasteiger partial charge in [-0.25, -0.2) is 0 Å². The summed E-state index contributed by atoms with van der Waals surface area (Å²) in [7, 11) is 19.2. The summed E-state index contributed by atoms with van der Waals surface area (Å²) < 4.78 is 177. The number of hydrogen-bond acceptors (Lipinski definition) is 35. The number of ether oxygens (including phenoxy) is 28. The molecule has 21 fully saturated rings. The highest BCUT2D eigenvalue weighted by Crippen LogP contribution is 2.42. The molecular weight excluding hydrogens is 1230 g/mol. The number of rotatable bonds is 21. The fourth-order valence-electron chi connectivity index (χ4n) is 13.8. The fourth-order valence-corrected chi connectivity index (χ4v) is 13.8. The number of hydrogen-bond donors (Lipinski definition) is 7. The molecule has 35 nitrogen and oxygen atoms in total. The topological polar surface area (TPSA) is 400 Å². The van der Waals surface area contributed by atoms with E-state index < -0.39 is 261 Å². The third kappa shape index (κ3) is 15.3. The molecule has 7 N–H and O–H groups in total. The van der Waals surface area contributed by atoms with Crippen molar-refractivity contribution in [2.24, 2.45) is 0 Å². The highest BCUT2D eigenvalue weighted by atomic mass is 16.8. The van der Waals surface area contributed by atoms with Crippen molar-refractivity contribution in [2.45, 2.75) is 215 Å². The second kappa shape index (κ2) is 35.4. The molecule has 532 valence electrons. The molecule has 0 spiro atoms. The fraction of sp³-hybridized carbons (Fsp3) is 1.00. The molecule has 35 atom stereocenters. The van der Waals surface area contributed by atoms with E-state index in [1.165, 1.54) is 99.5 Å². The third-order valence-electron chi connectivity index (χ3n) is 18.2. The second-order valence-electron chi connectivity index (χ2n) is 22.6. The molecule has 0 aromatic rings. The standard InChI is InChI=1S/C56H98O35/c1-64-36-29-22(15-57)78-50(43(36)71-8)86-30-23(16-58)80-52(45(73-10)37(30)65-2)88-32-25(18-60)82-54(47(75-12)39(32)67-4)90-34-27(20-62)84-56(49(77-14)41(34)69-6)91-35-28(21-63)83-55(48(76-13)42(35)70-7)89-33-26(19-61)81-53(46(74-11)40(33)68-5)87-31-24(17-59)79-51(85-29)44(72-9)38(31)66-3/h22-63H,15-21H2,1-14H3/t22?,23?,24?,25?,26?,27?,28?,29-,30-,31-,32-,33-,34-,35-,36?,37?,38?,39?,40?,41?,42?,43?,44?,45?,46?,47?,48?,49?,50-,51-,52-,53-,54-,55-,56+/m1/s1. The maximum atomic E-state index is 11.1. The minimum Gasteiger partial charge on any atom is -0.394 e. The zero-order valence-electron chi connectivity index (χ0n) is 53.7. The van der Waals surface area contributed by atoms with Crippen LogP contribution in [0.25, 0.3) is 0 Å². The van der Waals surface area contributed by atoms with Gasteiger partial charge in [-0.15, -0.1) is 0 Å². The predicted molar refractivity (Wildman–Crippen MR) is 295 cm³/mol. The van der Waals surface area contributed by atoms with E-state index in [2.05, 4.69) is 0 Å². The van der Waals surface area contributed by atoms with Gasteiger partial charge in [0, 0.05) is 99.5 Å². The van der Waals surface area contributed by atoms with Gasteiger partial charge in [0.2, 0.25) is 0 Å². The lowest BCUT2D eigenvalue weighted by Crippen LogP contribution is -2.69. The molecular formula is C56H98O35. The third-order valence-corrected chi connectivity index (χ3v) is 18.2. The molecule has 91 heavy (non-hydrogen) atoms. The van der Waals surface area contributed by atoms with Crippen LogP contribution in [0.5, 0.6) is 0 Å². The Labute approximate surface area is 528 Å². The van der Waals surface area contributed by atoms with E-state index in [-0.39, 0.29) is 0 Å². The number of aliphatic hydroxyl groups excluding tert-OH is 7. The zero-order valence-corrected chi connectivity index (χ0v) is 53.7. The molecule has 0 aliphatic carbocycles. The number of aliphatic hydroxyl groups is 7. The molecule has 0 amide bonds. The van der Waals surface area contributed by atoms with Gasteiger partial charge in [-0.2, -0.15) is 0 Å². The van der Waals surface area contributed by atoms with Crippen molar-refractivity contribution in [3.63, 3.8) is 0 Å². The van der Waals surface area contributed by atoms with Gasteiger partial charge in [0.25, 0.3) is 0 Å². The van der Waals surface area contributed by atoms with Crippen LogP contribution in [0.2, 0.25) is 0 Å². The van der Waals surface area contributed by atoms with Crippen LogP contribution in [-0.2, 0) is 133 Å². The highest BCUT2D eigenvalue weighted by molar-refractivity contribution is 5.04. The van der Waals surface area contributed by atoms with Crippen molar-refractivity contribution in [3.8, 4) is 0 Å². The van der Waals surface area contributed by atoms with Crippen LogP contribution < -0.4 is 0 Å². The van der Waals surface area contributed by atoms with Crippen LogP contribution in [0.15, 0.2) is 0 Å². The van der Waals surface area contributed by atoms with E-state index in [1.54, 1.807) is 0 Å². The van der Waals surface area contributed by atoms with Gasteiger partial charge in [-0.1, -0.05) is 0 Å². The van der Waals surface area contributed by atoms with Crippen molar-refractivity contribution in [1.29, 1.82) is 0 Å². The largest absolute Gasteiger partial charge is 0.394 e. The summed E-state index contributed by atoms with van der Waals surface area (Å²) in [6.07, 6.45) is -43.5. The first-order chi connectivity index (χ1) is 44.2. The lowest BCUT2D eigenvalue weighted by Gasteiger charge is -2.52. The minimum absolute atomic E-state index is 0.692. The van der Waals surface area contributed by atoms with Gasteiger partial charge >= 0.3 is 0 Å². The molecule has 21 rings (SSSR count). The van der Waals surface area contributed by atoms with Gasteiger partial charge in [-0.3, -0.25) is 0 Å². The highest BCUT2D eigenvalue weighted by Gasteiger charge is 2.62. The van der Waals surface area contributed by atoms with Crippen molar-refractivity contribution in [1.82, 2.24) is 0 Å². The van der Waals surface area contributed by atoms with E-state index >= 15 is 0 Å². The van der Waals surface area contributed by atoms with Crippen molar-refractivity contribution in [2.75, 3.05) is 146 Å². The number of methoxy groups -OCH3 is 14. The molecule has 21 unspecified atom stereocenters. The van der Waals surface area contributed by atoms with Gasteiger partial charge in [0.1, 0.15) is 171 Å². The Kier molecular flexibility index (Phi) is 29.3. The minimum atomic E-state index is -1.41. The molecule has 35 heteroatoms. The van der Waals surface area contributed by atoms with Gasteiger partial charge < -0.3 is 168 Å². The van der Waals surface area contributed by atoms with Gasteiger partial charge in [0.15, 0.2) is 44.0 Å². The van der Waals surface area contributed by atoms with Gasteiger partial charge in [-0.05, 0) is 0 Å².